The fourth-order valence-corrected chi connectivity index (χ4v) is 2.69. The topological polar surface area (TPSA) is 67.9 Å². The number of carbonyl (C=O) groups is 2. The van der Waals surface area contributed by atoms with Crippen molar-refractivity contribution in [1.82, 2.24) is 10.2 Å². The SMILES string of the molecule is CCOC(=O)N1CCCC(C(=O)NCc2cccc(OC)c2)C1. The van der Waals surface area contributed by atoms with Gasteiger partial charge in [0.1, 0.15) is 5.75 Å². The van der Waals surface area contributed by atoms with E-state index >= 15 is 0 Å². The second-order valence-electron chi connectivity index (χ2n) is 5.55. The van der Waals surface area contributed by atoms with Gasteiger partial charge in [-0.3, -0.25) is 4.79 Å². The molecule has 1 heterocycles. The predicted octanol–water partition coefficient (Wildman–Crippen LogP) is 2.18. The van der Waals surface area contributed by atoms with Gasteiger partial charge in [0.05, 0.1) is 19.6 Å². The second kappa shape index (κ2) is 8.41. The number of ether oxygens (including phenoxy) is 2. The monoisotopic (exact) mass is 320 g/mol. The zero-order chi connectivity index (χ0) is 16.7. The highest BCUT2D eigenvalue weighted by Gasteiger charge is 2.28. The van der Waals surface area contributed by atoms with E-state index in [1.54, 1.807) is 18.9 Å². The van der Waals surface area contributed by atoms with Crippen LogP contribution in [0.2, 0.25) is 0 Å². The number of hydrogen-bond acceptors (Lipinski definition) is 4. The second-order valence-corrected chi connectivity index (χ2v) is 5.55. The molecule has 0 aromatic heterocycles. The molecule has 1 fully saturated rings. The van der Waals surface area contributed by atoms with Crippen LogP contribution in [0.4, 0.5) is 4.79 Å². The summed E-state index contributed by atoms with van der Waals surface area (Å²) in [5.41, 5.74) is 0.982. The third-order valence-corrected chi connectivity index (χ3v) is 3.92. The van der Waals surface area contributed by atoms with Crippen LogP contribution < -0.4 is 10.1 Å². The molecule has 1 aliphatic rings. The molecule has 0 spiro atoms. The first-order chi connectivity index (χ1) is 11.1. The molecule has 1 aromatic rings. The Morgan fingerprint density at radius 3 is 2.96 bits per heavy atom. The lowest BCUT2D eigenvalue weighted by atomic mass is 9.97. The van der Waals surface area contributed by atoms with Gasteiger partial charge in [-0.1, -0.05) is 12.1 Å². The summed E-state index contributed by atoms with van der Waals surface area (Å²) < 4.78 is 10.2. The number of hydrogen-bond donors (Lipinski definition) is 1. The van der Waals surface area contributed by atoms with E-state index < -0.39 is 0 Å². The number of nitrogens with one attached hydrogen (secondary N) is 1. The van der Waals surface area contributed by atoms with E-state index in [9.17, 15) is 9.59 Å². The van der Waals surface area contributed by atoms with Gasteiger partial charge >= 0.3 is 6.09 Å². The molecule has 0 saturated carbocycles. The van der Waals surface area contributed by atoms with Gasteiger partial charge in [0.25, 0.3) is 0 Å². The average Bonchev–Trinajstić information content (AvgIpc) is 2.60. The molecular formula is C17H24N2O4. The highest BCUT2D eigenvalue weighted by atomic mass is 16.6. The number of nitrogens with zero attached hydrogens (tertiary/aromatic N) is 1. The van der Waals surface area contributed by atoms with E-state index in [0.29, 0.717) is 26.2 Å². The first-order valence-corrected chi connectivity index (χ1v) is 7.96. The largest absolute Gasteiger partial charge is 0.497 e. The van der Waals surface area contributed by atoms with Crippen molar-refractivity contribution in [3.63, 3.8) is 0 Å². The third-order valence-electron chi connectivity index (χ3n) is 3.92. The van der Waals surface area contributed by atoms with E-state index in [1.165, 1.54) is 0 Å². The Hall–Kier alpha value is -2.24. The van der Waals surface area contributed by atoms with Gasteiger partial charge in [-0.25, -0.2) is 4.79 Å². The van der Waals surface area contributed by atoms with E-state index in [1.807, 2.05) is 24.3 Å². The first kappa shape index (κ1) is 17.1. The summed E-state index contributed by atoms with van der Waals surface area (Å²) in [5, 5.41) is 2.94. The highest BCUT2D eigenvalue weighted by Crippen LogP contribution is 2.18. The Kier molecular flexibility index (Phi) is 6.26. The van der Waals surface area contributed by atoms with E-state index in [0.717, 1.165) is 24.2 Å². The predicted molar refractivity (Wildman–Crippen MR) is 86.2 cm³/mol. The van der Waals surface area contributed by atoms with Crippen LogP contribution in [0.3, 0.4) is 0 Å². The lowest BCUT2D eigenvalue weighted by molar-refractivity contribution is -0.126. The minimum Gasteiger partial charge on any atom is -0.497 e. The number of rotatable bonds is 5. The Morgan fingerprint density at radius 2 is 2.22 bits per heavy atom. The van der Waals surface area contributed by atoms with Crippen LogP contribution in [-0.2, 0) is 16.1 Å². The summed E-state index contributed by atoms with van der Waals surface area (Å²) >= 11 is 0. The lowest BCUT2D eigenvalue weighted by Gasteiger charge is -2.31. The highest BCUT2D eigenvalue weighted by molar-refractivity contribution is 5.80. The zero-order valence-electron chi connectivity index (χ0n) is 13.7. The molecule has 1 aromatic carbocycles. The maximum Gasteiger partial charge on any atom is 0.409 e. The molecule has 1 unspecified atom stereocenters. The summed E-state index contributed by atoms with van der Waals surface area (Å²) in [6, 6.07) is 7.59. The zero-order valence-corrected chi connectivity index (χ0v) is 13.7. The van der Waals surface area contributed by atoms with Crippen molar-refractivity contribution >= 4 is 12.0 Å². The van der Waals surface area contributed by atoms with Gasteiger partial charge in [-0.15, -0.1) is 0 Å². The van der Waals surface area contributed by atoms with Gasteiger partial charge in [0.15, 0.2) is 0 Å². The smallest absolute Gasteiger partial charge is 0.409 e. The van der Waals surface area contributed by atoms with Gasteiger partial charge in [0.2, 0.25) is 5.91 Å². The van der Waals surface area contributed by atoms with Crippen LogP contribution >= 0.6 is 0 Å². The maximum atomic E-state index is 12.3. The van der Waals surface area contributed by atoms with E-state index in [-0.39, 0.29) is 17.9 Å². The molecule has 0 radical (unpaired) electrons. The van der Waals surface area contributed by atoms with Crippen LogP contribution in [0.1, 0.15) is 25.3 Å². The number of benzene rings is 1. The quantitative estimate of drug-likeness (QED) is 0.903. The summed E-state index contributed by atoms with van der Waals surface area (Å²) in [6.07, 6.45) is 1.27. The van der Waals surface area contributed by atoms with Gasteiger partial charge in [-0.2, -0.15) is 0 Å². The maximum absolute atomic E-state index is 12.3. The average molecular weight is 320 g/mol. The van der Waals surface area contributed by atoms with Gasteiger partial charge in [-0.05, 0) is 37.5 Å². The standard InChI is InChI=1S/C17H24N2O4/c1-3-23-17(21)19-9-5-7-14(12-19)16(20)18-11-13-6-4-8-15(10-13)22-2/h4,6,8,10,14H,3,5,7,9,11-12H2,1-2H3,(H,18,20). The van der Waals surface area contributed by atoms with Crippen LogP contribution in [0.25, 0.3) is 0 Å². The number of piperidine rings is 1. The van der Waals surface area contributed by atoms with Crippen molar-refractivity contribution in [2.24, 2.45) is 5.92 Å². The lowest BCUT2D eigenvalue weighted by Crippen LogP contribution is -2.45. The van der Waals surface area contributed by atoms with Crippen molar-refractivity contribution < 1.29 is 19.1 Å². The summed E-state index contributed by atoms with van der Waals surface area (Å²) in [6.45, 7) is 3.65. The Balaban J connectivity index is 1.86. The number of carbonyl (C=O) groups excluding carboxylic acids is 2. The third kappa shape index (κ3) is 4.87. The van der Waals surface area contributed by atoms with Crippen LogP contribution in [0.15, 0.2) is 24.3 Å². The van der Waals surface area contributed by atoms with Crippen molar-refractivity contribution in [2.45, 2.75) is 26.3 Å². The van der Waals surface area contributed by atoms with Gasteiger partial charge in [0, 0.05) is 19.6 Å². The molecule has 6 nitrogen and oxygen atoms in total. The molecule has 1 N–H and O–H groups in total. The van der Waals surface area contributed by atoms with Crippen LogP contribution in [0.5, 0.6) is 5.75 Å². The number of methoxy groups -OCH3 is 1. The van der Waals surface area contributed by atoms with E-state index in [2.05, 4.69) is 5.32 Å². The molecule has 126 valence electrons. The normalized spacial score (nSPS) is 17.5. The summed E-state index contributed by atoms with van der Waals surface area (Å²) in [7, 11) is 1.61. The van der Waals surface area contributed by atoms with Crippen molar-refractivity contribution in [1.29, 1.82) is 0 Å². The Labute approximate surface area is 136 Å². The van der Waals surface area contributed by atoms with Crippen LogP contribution in [0, 0.1) is 5.92 Å². The number of amides is 2. The Morgan fingerprint density at radius 1 is 1.39 bits per heavy atom. The molecule has 6 heteroatoms. The molecule has 1 aliphatic heterocycles. The molecule has 0 bridgehead atoms. The minimum atomic E-state index is -0.335. The molecule has 2 rings (SSSR count). The molecule has 2 amide bonds. The molecule has 1 saturated heterocycles. The molecule has 0 aliphatic carbocycles. The van der Waals surface area contributed by atoms with Gasteiger partial charge < -0.3 is 19.7 Å². The minimum absolute atomic E-state index is 0.0261. The Bertz CT molecular complexity index is 547. The summed E-state index contributed by atoms with van der Waals surface area (Å²) in [5.74, 6) is 0.559. The summed E-state index contributed by atoms with van der Waals surface area (Å²) in [4.78, 5) is 25.7. The molecule has 1 atom stereocenters. The van der Waals surface area contributed by atoms with Crippen molar-refractivity contribution in [3.05, 3.63) is 29.8 Å². The van der Waals surface area contributed by atoms with Crippen molar-refractivity contribution in [2.75, 3.05) is 26.8 Å². The van der Waals surface area contributed by atoms with E-state index in [4.69, 9.17) is 9.47 Å². The first-order valence-electron chi connectivity index (χ1n) is 7.96. The number of likely N-dealkylation sites (tertiary alicyclic amines) is 1. The van der Waals surface area contributed by atoms with Crippen molar-refractivity contribution in [3.8, 4) is 5.75 Å². The fraction of sp³-hybridized carbons (Fsp3) is 0.529. The van der Waals surface area contributed by atoms with Crippen LogP contribution in [-0.4, -0.2) is 43.7 Å². The molecule has 23 heavy (non-hydrogen) atoms. The molecular weight excluding hydrogens is 296 g/mol. The fourth-order valence-electron chi connectivity index (χ4n) is 2.69.